The number of alkyl halides is 4. The molecule has 0 aromatic carbocycles. The maximum atomic E-state index is 13.9. The topological polar surface area (TPSA) is 128 Å². The van der Waals surface area contributed by atoms with Crippen LogP contribution < -0.4 is 16.1 Å². The van der Waals surface area contributed by atoms with Gasteiger partial charge in [0.2, 0.25) is 11.8 Å². The minimum absolute atomic E-state index is 0.0522. The van der Waals surface area contributed by atoms with Gasteiger partial charge in [-0.05, 0) is 50.4 Å². The molecule has 220 valence electrons. The van der Waals surface area contributed by atoms with Crippen molar-refractivity contribution in [1.82, 2.24) is 26.0 Å². The second-order valence-electron chi connectivity index (χ2n) is 12.4. The number of amides is 5. The van der Waals surface area contributed by atoms with Crippen molar-refractivity contribution < 1.29 is 37.1 Å². The van der Waals surface area contributed by atoms with Crippen LogP contribution in [0.4, 0.5) is 13.2 Å². The van der Waals surface area contributed by atoms with Gasteiger partial charge in [-0.1, -0.05) is 38.8 Å². The second-order valence-corrected chi connectivity index (χ2v) is 12.8. The quantitative estimate of drug-likeness (QED) is 0.313. The molecule has 2 heterocycles. The minimum atomic E-state index is -3.33. The van der Waals surface area contributed by atoms with E-state index in [1.165, 1.54) is 4.90 Å². The Kier molecular flexibility index (Phi) is 9.13. The molecule has 0 radical (unpaired) electrons. The van der Waals surface area contributed by atoms with Crippen LogP contribution >= 0.6 is 11.6 Å². The highest BCUT2D eigenvalue weighted by molar-refractivity contribution is 6.29. The standard InChI is InChI=1S/C25H37ClF3N5O5/c1-24(2,3)16(30-21(37)18(28)29)22(38)33-10-12-7-6-8-14(12)15(33)20(36)32-34(23(39)17(26)27)11-13-9-25(4,5)31-19(13)35/h12-18H,6-11H2,1-5H3,(H,30,37)(H,31,35)(H,32,36)/t12-,13-,14-,15-,16?,17+/m0/s1. The molecule has 6 atom stereocenters. The number of hydrazine groups is 1. The van der Waals surface area contributed by atoms with Crippen LogP contribution in [0.1, 0.15) is 60.3 Å². The monoisotopic (exact) mass is 579 g/mol. The highest BCUT2D eigenvalue weighted by atomic mass is 35.5. The van der Waals surface area contributed by atoms with E-state index >= 15 is 0 Å². The molecular formula is C25H37ClF3N5O5. The van der Waals surface area contributed by atoms with Crippen LogP contribution in [0.25, 0.3) is 0 Å². The van der Waals surface area contributed by atoms with Gasteiger partial charge in [0, 0.05) is 12.1 Å². The number of fused-ring (bicyclic) bond motifs is 1. The van der Waals surface area contributed by atoms with E-state index in [0.29, 0.717) is 17.9 Å². The van der Waals surface area contributed by atoms with Gasteiger partial charge in [0.15, 0.2) is 0 Å². The highest BCUT2D eigenvalue weighted by Gasteiger charge is 2.52. The van der Waals surface area contributed by atoms with Crippen LogP contribution in [0, 0.1) is 23.2 Å². The van der Waals surface area contributed by atoms with Gasteiger partial charge in [0.05, 0.1) is 12.5 Å². The lowest BCUT2D eigenvalue weighted by molar-refractivity contribution is -0.151. The molecule has 0 spiro atoms. The number of hydrogen-bond donors (Lipinski definition) is 3. The number of carbonyl (C=O) groups excluding carboxylic acids is 5. The van der Waals surface area contributed by atoms with Gasteiger partial charge in [-0.25, -0.2) is 9.40 Å². The van der Waals surface area contributed by atoms with Crippen LogP contribution in [-0.4, -0.2) is 82.2 Å². The number of halogens is 4. The summed E-state index contributed by atoms with van der Waals surface area (Å²) < 4.78 is 40.0. The molecule has 39 heavy (non-hydrogen) atoms. The van der Waals surface area contributed by atoms with Crippen molar-refractivity contribution >= 4 is 41.1 Å². The predicted octanol–water partition coefficient (Wildman–Crippen LogP) is 1.72. The van der Waals surface area contributed by atoms with Crippen LogP contribution in [0.5, 0.6) is 0 Å². The van der Waals surface area contributed by atoms with E-state index in [1.807, 2.05) is 0 Å². The molecule has 1 saturated carbocycles. The Morgan fingerprint density at radius 1 is 1.18 bits per heavy atom. The molecule has 2 aliphatic heterocycles. The molecule has 1 aliphatic carbocycles. The molecule has 2 saturated heterocycles. The fourth-order valence-corrected chi connectivity index (χ4v) is 6.08. The molecule has 0 bridgehead atoms. The zero-order valence-electron chi connectivity index (χ0n) is 22.7. The largest absolute Gasteiger partial charge is 0.351 e. The summed E-state index contributed by atoms with van der Waals surface area (Å²) in [6.45, 7) is 8.20. The maximum absolute atomic E-state index is 13.9. The summed E-state index contributed by atoms with van der Waals surface area (Å²) in [5.41, 5.74) is -1.63. The summed E-state index contributed by atoms with van der Waals surface area (Å²) in [7, 11) is 0. The molecule has 0 aromatic heterocycles. The Balaban J connectivity index is 1.87. The van der Waals surface area contributed by atoms with Crippen molar-refractivity contribution in [3.05, 3.63) is 0 Å². The number of rotatable bonds is 7. The van der Waals surface area contributed by atoms with E-state index in [0.717, 1.165) is 12.8 Å². The zero-order valence-corrected chi connectivity index (χ0v) is 23.5. The lowest BCUT2D eigenvalue weighted by atomic mass is 9.85. The Morgan fingerprint density at radius 3 is 2.33 bits per heavy atom. The highest BCUT2D eigenvalue weighted by Crippen LogP contribution is 2.43. The third kappa shape index (κ3) is 6.96. The minimum Gasteiger partial charge on any atom is -0.351 e. The summed E-state index contributed by atoms with van der Waals surface area (Å²) in [6.07, 6.45) is -0.873. The van der Waals surface area contributed by atoms with Crippen molar-refractivity contribution in [2.45, 2.75) is 90.0 Å². The Bertz CT molecular complexity index is 1010. The predicted molar refractivity (Wildman–Crippen MR) is 135 cm³/mol. The third-order valence-electron chi connectivity index (χ3n) is 7.73. The summed E-state index contributed by atoms with van der Waals surface area (Å²) in [5, 5.41) is 5.55. The van der Waals surface area contributed by atoms with E-state index in [1.54, 1.807) is 34.6 Å². The molecule has 10 nitrogen and oxygen atoms in total. The van der Waals surface area contributed by atoms with Crippen LogP contribution in [0.15, 0.2) is 0 Å². The molecule has 1 unspecified atom stereocenters. The number of likely N-dealkylation sites (tertiary alicyclic amines) is 1. The molecule has 14 heteroatoms. The number of hydrogen-bond acceptors (Lipinski definition) is 5. The van der Waals surface area contributed by atoms with Crippen molar-refractivity contribution in [3.63, 3.8) is 0 Å². The van der Waals surface area contributed by atoms with Gasteiger partial charge in [0.1, 0.15) is 12.1 Å². The lowest BCUT2D eigenvalue weighted by Crippen LogP contribution is -2.61. The number of carbonyl (C=O) groups is 5. The molecule has 3 fully saturated rings. The average molecular weight is 580 g/mol. The summed E-state index contributed by atoms with van der Waals surface area (Å²) >= 11 is 5.40. The SMILES string of the molecule is CC1(C)C[C@@H](CN(NC(=O)[C@@H]2[C@H]3CCC[C@H]3CN2C(=O)C(NC(=O)C(F)F)C(C)(C)C)C(=O)[C@@H](F)Cl)C(=O)N1. The first-order valence-corrected chi connectivity index (χ1v) is 13.5. The molecule has 3 N–H and O–H groups in total. The van der Waals surface area contributed by atoms with Gasteiger partial charge in [0.25, 0.3) is 23.4 Å². The molecular weight excluding hydrogens is 543 g/mol. The second kappa shape index (κ2) is 11.5. The average Bonchev–Trinajstić information content (AvgIpc) is 3.46. The van der Waals surface area contributed by atoms with Crippen molar-refractivity contribution in [3.8, 4) is 0 Å². The van der Waals surface area contributed by atoms with E-state index < -0.39 is 64.6 Å². The first kappa shape index (κ1) is 31.0. The van der Waals surface area contributed by atoms with Crippen LogP contribution in [0.2, 0.25) is 0 Å². The van der Waals surface area contributed by atoms with E-state index in [2.05, 4.69) is 16.1 Å². The molecule has 3 aliphatic rings. The van der Waals surface area contributed by atoms with Gasteiger partial charge in [-0.15, -0.1) is 0 Å². The number of nitrogens with zero attached hydrogens (tertiary/aromatic N) is 2. The summed E-state index contributed by atoms with van der Waals surface area (Å²) in [5.74, 6) is -5.81. The van der Waals surface area contributed by atoms with Crippen molar-refractivity contribution in [1.29, 1.82) is 0 Å². The Labute approximate surface area is 230 Å². The smallest absolute Gasteiger partial charge is 0.315 e. The summed E-state index contributed by atoms with van der Waals surface area (Å²) in [4.78, 5) is 65.4. The van der Waals surface area contributed by atoms with Crippen LogP contribution in [-0.2, 0) is 24.0 Å². The Morgan fingerprint density at radius 2 is 1.82 bits per heavy atom. The normalized spacial score (nSPS) is 27.5. The summed E-state index contributed by atoms with van der Waals surface area (Å²) in [6, 6.07) is -2.45. The zero-order chi connectivity index (χ0) is 29.4. The van der Waals surface area contributed by atoms with Gasteiger partial charge >= 0.3 is 6.43 Å². The van der Waals surface area contributed by atoms with Crippen LogP contribution in [0.3, 0.4) is 0 Å². The van der Waals surface area contributed by atoms with E-state index in [-0.39, 0.29) is 30.8 Å². The lowest BCUT2D eigenvalue weighted by Gasteiger charge is -2.37. The molecule has 3 rings (SSSR count). The first-order valence-electron chi connectivity index (χ1n) is 13.0. The molecule has 5 amide bonds. The first-order chi connectivity index (χ1) is 17.9. The maximum Gasteiger partial charge on any atom is 0.315 e. The fraction of sp³-hybridized carbons (Fsp3) is 0.800. The van der Waals surface area contributed by atoms with E-state index in [9.17, 15) is 37.1 Å². The third-order valence-corrected chi connectivity index (χ3v) is 7.92. The van der Waals surface area contributed by atoms with Gasteiger partial charge in [-0.2, -0.15) is 8.78 Å². The number of nitrogens with one attached hydrogen (secondary N) is 3. The fourth-order valence-electron chi connectivity index (χ4n) is 5.96. The van der Waals surface area contributed by atoms with Crippen molar-refractivity contribution in [2.75, 3.05) is 13.1 Å². The van der Waals surface area contributed by atoms with Gasteiger partial charge < -0.3 is 15.5 Å². The van der Waals surface area contributed by atoms with Gasteiger partial charge in [-0.3, -0.25) is 29.4 Å². The molecule has 0 aromatic rings. The Hall–Kier alpha value is -2.57. The van der Waals surface area contributed by atoms with Crippen molar-refractivity contribution in [2.24, 2.45) is 23.2 Å². The van der Waals surface area contributed by atoms with E-state index in [4.69, 9.17) is 11.6 Å².